The van der Waals surface area contributed by atoms with Gasteiger partial charge >= 0.3 is 0 Å². The summed E-state index contributed by atoms with van der Waals surface area (Å²) in [5.74, 6) is 0.461. The van der Waals surface area contributed by atoms with Gasteiger partial charge in [0.25, 0.3) is 17.4 Å². The first kappa shape index (κ1) is 15.9. The predicted molar refractivity (Wildman–Crippen MR) is 87.1 cm³/mol. The predicted octanol–water partition coefficient (Wildman–Crippen LogP) is 1.50. The summed E-state index contributed by atoms with van der Waals surface area (Å²) in [7, 11) is 0. The van der Waals surface area contributed by atoms with E-state index in [9.17, 15) is 14.9 Å². The van der Waals surface area contributed by atoms with Crippen molar-refractivity contribution in [3.05, 3.63) is 58.3 Å². The molecule has 1 aromatic heterocycles. The van der Waals surface area contributed by atoms with Crippen molar-refractivity contribution in [2.45, 2.75) is 0 Å². The molecule has 1 aliphatic heterocycles. The number of aromatic amines is 1. The number of hydrogen-bond donors (Lipinski definition) is 1. The highest BCUT2D eigenvalue weighted by atomic mass is 16.6. The third kappa shape index (κ3) is 3.49. The number of ether oxygens (including phenoxy) is 1. The Hall–Kier alpha value is -3.00. The second-order valence-corrected chi connectivity index (χ2v) is 5.29. The molecule has 1 fully saturated rings. The van der Waals surface area contributed by atoms with Gasteiger partial charge in [-0.3, -0.25) is 19.8 Å². The van der Waals surface area contributed by atoms with E-state index in [1.807, 2.05) is 0 Å². The van der Waals surface area contributed by atoms with Crippen molar-refractivity contribution in [1.82, 2.24) is 0 Å². The van der Waals surface area contributed by atoms with Crippen LogP contribution >= 0.6 is 0 Å². The highest BCUT2D eigenvalue weighted by Gasteiger charge is 2.26. The van der Waals surface area contributed by atoms with Crippen LogP contribution in [-0.2, 0) is 4.74 Å². The molecule has 2 aromatic rings. The number of anilines is 2. The Bertz CT molecular complexity index is 742. The summed E-state index contributed by atoms with van der Waals surface area (Å²) in [5, 5.41) is 13.4. The van der Waals surface area contributed by atoms with E-state index in [1.165, 1.54) is 24.3 Å². The first-order chi connectivity index (χ1) is 11.6. The number of hydrogen-bond acceptors (Lipinski definition) is 5. The Labute approximate surface area is 138 Å². The Kier molecular flexibility index (Phi) is 4.66. The van der Waals surface area contributed by atoms with Crippen LogP contribution in [0.4, 0.5) is 17.2 Å². The summed E-state index contributed by atoms with van der Waals surface area (Å²) in [6, 6.07) is 9.23. The smallest absolute Gasteiger partial charge is 0.287 e. The molecule has 124 valence electrons. The molecule has 1 aliphatic rings. The van der Waals surface area contributed by atoms with Crippen LogP contribution in [0.2, 0.25) is 0 Å². The van der Waals surface area contributed by atoms with Crippen molar-refractivity contribution >= 4 is 23.1 Å². The van der Waals surface area contributed by atoms with E-state index in [1.54, 1.807) is 18.3 Å². The maximum Gasteiger partial charge on any atom is 0.287 e. The van der Waals surface area contributed by atoms with Crippen LogP contribution in [0.5, 0.6) is 0 Å². The van der Waals surface area contributed by atoms with E-state index in [0.717, 1.165) is 5.82 Å². The number of nitro groups is 1. The molecular weight excluding hydrogens is 312 g/mol. The van der Waals surface area contributed by atoms with Gasteiger partial charge in [-0.1, -0.05) is 0 Å². The first-order valence-electron chi connectivity index (χ1n) is 7.54. The molecule has 2 N–H and O–H groups in total. The molecule has 0 aliphatic carbocycles. The number of aromatic nitrogens is 1. The van der Waals surface area contributed by atoms with Gasteiger partial charge in [0, 0.05) is 17.8 Å². The normalized spacial score (nSPS) is 14.2. The number of nitro benzene ring substituents is 1. The first-order valence-corrected chi connectivity index (χ1v) is 7.54. The summed E-state index contributed by atoms with van der Waals surface area (Å²) in [4.78, 5) is 28.0. The number of nitrogens with one attached hydrogen (secondary N) is 2. The van der Waals surface area contributed by atoms with Gasteiger partial charge in [-0.2, -0.15) is 0 Å². The number of carbonyl (C=O) groups excluding carboxylic acids is 1. The molecule has 0 radical (unpaired) electrons. The largest absolute Gasteiger partial charge is 0.373 e. The molecule has 0 atom stereocenters. The van der Waals surface area contributed by atoms with Crippen LogP contribution < -0.4 is 15.2 Å². The van der Waals surface area contributed by atoms with Crippen LogP contribution in [-0.4, -0.2) is 37.1 Å². The molecule has 24 heavy (non-hydrogen) atoms. The summed E-state index contributed by atoms with van der Waals surface area (Å²) in [6.07, 6.45) is 1.77. The Morgan fingerprint density at radius 3 is 2.58 bits per heavy atom. The number of amides is 1. The molecule has 8 nitrogen and oxygen atoms in total. The summed E-state index contributed by atoms with van der Waals surface area (Å²) < 4.78 is 5.34. The number of H-pyrrole nitrogens is 1. The Balaban J connectivity index is 1.78. The molecule has 2 heterocycles. The SMILES string of the molecule is O=C(Nc1ccc([N+](=O)[O-])cc1)c1ccc[nH+]c1N1CCOCC1. The number of pyridine rings is 1. The molecule has 3 rings (SSSR count). The third-order valence-electron chi connectivity index (χ3n) is 3.74. The van der Waals surface area contributed by atoms with Crippen molar-refractivity contribution in [2.75, 3.05) is 36.5 Å². The zero-order valence-electron chi connectivity index (χ0n) is 12.9. The van der Waals surface area contributed by atoms with Gasteiger partial charge < -0.3 is 10.1 Å². The number of benzene rings is 1. The van der Waals surface area contributed by atoms with Gasteiger partial charge in [0.2, 0.25) is 0 Å². The van der Waals surface area contributed by atoms with E-state index >= 15 is 0 Å². The number of non-ortho nitro benzene ring substituents is 1. The van der Waals surface area contributed by atoms with Crippen LogP contribution in [0.3, 0.4) is 0 Å². The highest BCUT2D eigenvalue weighted by Crippen LogP contribution is 2.19. The lowest BCUT2D eigenvalue weighted by Crippen LogP contribution is -2.40. The van der Waals surface area contributed by atoms with Crippen molar-refractivity contribution in [3.63, 3.8) is 0 Å². The standard InChI is InChI=1S/C16H16N4O4/c21-16(18-12-3-5-13(6-4-12)20(22)23)14-2-1-7-17-15(14)19-8-10-24-11-9-19/h1-7H,8-11H2,(H,18,21)/p+1. The lowest BCUT2D eigenvalue weighted by Gasteiger charge is -2.22. The van der Waals surface area contributed by atoms with Crippen molar-refractivity contribution < 1.29 is 19.4 Å². The van der Waals surface area contributed by atoms with E-state index in [-0.39, 0.29) is 11.6 Å². The fraction of sp³-hybridized carbons (Fsp3) is 0.250. The molecule has 0 unspecified atom stereocenters. The van der Waals surface area contributed by atoms with Crippen LogP contribution in [0, 0.1) is 10.1 Å². The second-order valence-electron chi connectivity index (χ2n) is 5.29. The average Bonchev–Trinajstić information content (AvgIpc) is 2.63. The van der Waals surface area contributed by atoms with Gasteiger partial charge in [-0.25, -0.2) is 4.98 Å². The van der Waals surface area contributed by atoms with E-state index in [4.69, 9.17) is 4.74 Å². The molecule has 1 amide bonds. The highest BCUT2D eigenvalue weighted by molar-refractivity contribution is 6.07. The van der Waals surface area contributed by atoms with Crippen LogP contribution in [0.1, 0.15) is 10.4 Å². The van der Waals surface area contributed by atoms with Gasteiger partial charge in [-0.05, 0) is 24.3 Å². The number of nitrogens with zero attached hydrogens (tertiary/aromatic N) is 2. The van der Waals surface area contributed by atoms with Crippen molar-refractivity contribution in [2.24, 2.45) is 0 Å². The topological polar surface area (TPSA) is 98.8 Å². The molecule has 0 saturated carbocycles. The zero-order chi connectivity index (χ0) is 16.9. The summed E-state index contributed by atoms with van der Waals surface area (Å²) in [6.45, 7) is 2.65. The number of carbonyl (C=O) groups is 1. The summed E-state index contributed by atoms with van der Waals surface area (Å²) >= 11 is 0. The second kappa shape index (κ2) is 7.05. The van der Waals surface area contributed by atoms with Gasteiger partial charge in [-0.15, -0.1) is 0 Å². The van der Waals surface area contributed by atoms with Gasteiger partial charge in [0.15, 0.2) is 0 Å². The maximum atomic E-state index is 12.6. The Morgan fingerprint density at radius 2 is 1.92 bits per heavy atom. The third-order valence-corrected chi connectivity index (χ3v) is 3.74. The molecule has 1 aromatic carbocycles. The van der Waals surface area contributed by atoms with Gasteiger partial charge in [0.05, 0.1) is 24.3 Å². The molecular formula is C16H17N4O4+. The van der Waals surface area contributed by atoms with E-state index in [0.29, 0.717) is 37.6 Å². The van der Waals surface area contributed by atoms with Gasteiger partial charge in [0.1, 0.15) is 18.7 Å². The molecule has 1 saturated heterocycles. The summed E-state index contributed by atoms with van der Waals surface area (Å²) in [5.41, 5.74) is 0.996. The maximum absolute atomic E-state index is 12.6. The number of rotatable bonds is 4. The Morgan fingerprint density at radius 1 is 1.21 bits per heavy atom. The minimum Gasteiger partial charge on any atom is -0.373 e. The van der Waals surface area contributed by atoms with Crippen LogP contribution in [0.25, 0.3) is 0 Å². The van der Waals surface area contributed by atoms with Crippen molar-refractivity contribution in [3.8, 4) is 0 Å². The van der Waals surface area contributed by atoms with E-state index < -0.39 is 4.92 Å². The molecule has 0 spiro atoms. The average molecular weight is 329 g/mol. The number of morpholine rings is 1. The van der Waals surface area contributed by atoms with Crippen molar-refractivity contribution in [1.29, 1.82) is 0 Å². The quantitative estimate of drug-likeness (QED) is 0.677. The minimum absolute atomic E-state index is 0.0185. The molecule has 0 bridgehead atoms. The van der Waals surface area contributed by atoms with E-state index in [2.05, 4.69) is 15.2 Å². The zero-order valence-corrected chi connectivity index (χ0v) is 12.9. The molecule has 8 heteroatoms. The van der Waals surface area contributed by atoms with Crippen LogP contribution in [0.15, 0.2) is 42.6 Å². The lowest BCUT2D eigenvalue weighted by molar-refractivity contribution is -0.384. The minimum atomic E-state index is -0.478. The fourth-order valence-electron chi connectivity index (χ4n) is 2.52. The lowest BCUT2D eigenvalue weighted by atomic mass is 10.2. The monoisotopic (exact) mass is 329 g/mol. The fourth-order valence-corrected chi connectivity index (χ4v) is 2.52.